The Hall–Kier alpha value is -0.320. The molecule has 1 aromatic rings. The zero-order valence-electron chi connectivity index (χ0n) is 7.43. The predicted molar refractivity (Wildman–Crippen MR) is 56.3 cm³/mol. The Bertz CT molecular complexity index is 333. The number of hydrogen-bond donors (Lipinski definition) is 1. The van der Waals surface area contributed by atoms with Crippen molar-refractivity contribution in [2.45, 2.75) is 6.10 Å². The van der Waals surface area contributed by atoms with Gasteiger partial charge in [0.05, 0.1) is 24.7 Å². The van der Waals surface area contributed by atoms with Crippen molar-refractivity contribution < 1.29 is 14.2 Å². The molecule has 0 spiro atoms. The summed E-state index contributed by atoms with van der Waals surface area (Å²) in [4.78, 5) is 0. The van der Waals surface area contributed by atoms with Crippen molar-refractivity contribution in [3.63, 3.8) is 0 Å². The van der Waals surface area contributed by atoms with Gasteiger partial charge < -0.3 is 9.84 Å². The summed E-state index contributed by atoms with van der Waals surface area (Å²) in [5.41, 5.74) is 0.0886. The van der Waals surface area contributed by atoms with Crippen molar-refractivity contribution in [1.82, 2.24) is 0 Å². The Morgan fingerprint density at radius 3 is 2.79 bits per heavy atom. The molecule has 0 bridgehead atoms. The summed E-state index contributed by atoms with van der Waals surface area (Å²) in [7, 11) is 1.41. The lowest BCUT2D eigenvalue weighted by atomic mass is 10.1. The molecule has 1 aromatic carbocycles. The van der Waals surface area contributed by atoms with Gasteiger partial charge in [-0.15, -0.1) is 11.6 Å². The standard InChI is InChI=1S/C9H9BrClFO2/c1-14-8-3-5(10)2-6(12)9(8)7(13)4-11/h2-3,7,13H,4H2,1H3. The zero-order valence-corrected chi connectivity index (χ0v) is 9.77. The second-order valence-electron chi connectivity index (χ2n) is 2.67. The number of benzene rings is 1. The van der Waals surface area contributed by atoms with E-state index in [0.29, 0.717) is 4.47 Å². The van der Waals surface area contributed by atoms with Crippen molar-refractivity contribution in [3.8, 4) is 5.75 Å². The molecule has 0 aliphatic rings. The monoisotopic (exact) mass is 282 g/mol. The number of halogens is 3. The van der Waals surface area contributed by atoms with Crippen LogP contribution in [0.4, 0.5) is 4.39 Å². The van der Waals surface area contributed by atoms with E-state index in [2.05, 4.69) is 15.9 Å². The van der Waals surface area contributed by atoms with Gasteiger partial charge in [-0.25, -0.2) is 4.39 Å². The van der Waals surface area contributed by atoms with Gasteiger partial charge in [-0.3, -0.25) is 0 Å². The van der Waals surface area contributed by atoms with Crippen LogP contribution in [0.15, 0.2) is 16.6 Å². The molecule has 1 atom stereocenters. The lowest BCUT2D eigenvalue weighted by Gasteiger charge is -2.13. The Morgan fingerprint density at radius 2 is 2.29 bits per heavy atom. The molecule has 0 radical (unpaired) electrons. The molecule has 0 saturated carbocycles. The summed E-state index contributed by atoms with van der Waals surface area (Å²) in [6, 6.07) is 2.84. The quantitative estimate of drug-likeness (QED) is 0.864. The molecule has 0 fully saturated rings. The van der Waals surface area contributed by atoms with Crippen LogP contribution in [0.2, 0.25) is 0 Å². The van der Waals surface area contributed by atoms with Crippen LogP contribution in [0.25, 0.3) is 0 Å². The lowest BCUT2D eigenvalue weighted by Crippen LogP contribution is -2.05. The number of methoxy groups -OCH3 is 1. The highest BCUT2D eigenvalue weighted by molar-refractivity contribution is 9.10. The van der Waals surface area contributed by atoms with E-state index in [9.17, 15) is 9.50 Å². The number of aliphatic hydroxyl groups excluding tert-OH is 1. The molecule has 0 aliphatic carbocycles. The number of aliphatic hydroxyl groups is 1. The van der Waals surface area contributed by atoms with Crippen LogP contribution < -0.4 is 4.74 Å². The van der Waals surface area contributed by atoms with Gasteiger partial charge in [0.1, 0.15) is 11.6 Å². The number of rotatable bonds is 3. The minimum atomic E-state index is -1.06. The minimum Gasteiger partial charge on any atom is -0.496 e. The molecule has 14 heavy (non-hydrogen) atoms. The van der Waals surface area contributed by atoms with Crippen molar-refractivity contribution >= 4 is 27.5 Å². The number of alkyl halides is 1. The van der Waals surface area contributed by atoms with Crippen LogP contribution in [0.3, 0.4) is 0 Å². The Morgan fingerprint density at radius 1 is 1.64 bits per heavy atom. The lowest BCUT2D eigenvalue weighted by molar-refractivity contribution is 0.192. The minimum absolute atomic E-state index is 0.0745. The van der Waals surface area contributed by atoms with E-state index in [-0.39, 0.29) is 17.2 Å². The van der Waals surface area contributed by atoms with Crippen molar-refractivity contribution in [2.24, 2.45) is 0 Å². The Labute approximate surface area is 94.8 Å². The van der Waals surface area contributed by atoms with E-state index in [1.165, 1.54) is 13.2 Å². The van der Waals surface area contributed by atoms with Gasteiger partial charge in [0.2, 0.25) is 0 Å². The molecule has 1 N–H and O–H groups in total. The van der Waals surface area contributed by atoms with Crippen LogP contribution in [-0.2, 0) is 0 Å². The van der Waals surface area contributed by atoms with Crippen molar-refractivity contribution in [3.05, 3.63) is 28.0 Å². The summed E-state index contributed by atoms with van der Waals surface area (Å²) in [6.07, 6.45) is -1.06. The molecule has 0 aliphatic heterocycles. The first-order valence-electron chi connectivity index (χ1n) is 3.87. The fraction of sp³-hybridized carbons (Fsp3) is 0.333. The first-order valence-corrected chi connectivity index (χ1v) is 5.19. The topological polar surface area (TPSA) is 29.5 Å². The molecule has 0 aromatic heterocycles. The second-order valence-corrected chi connectivity index (χ2v) is 3.90. The Kier molecular flexibility index (Phi) is 4.16. The molecule has 2 nitrogen and oxygen atoms in total. The molecule has 1 unspecified atom stereocenters. The third-order valence-corrected chi connectivity index (χ3v) is 2.51. The van der Waals surface area contributed by atoms with Crippen LogP contribution in [-0.4, -0.2) is 18.1 Å². The summed E-state index contributed by atoms with van der Waals surface area (Å²) in [6.45, 7) is 0. The first kappa shape index (κ1) is 11.8. The highest BCUT2D eigenvalue weighted by Crippen LogP contribution is 2.31. The van der Waals surface area contributed by atoms with Gasteiger partial charge in [-0.1, -0.05) is 15.9 Å². The average Bonchev–Trinajstić information content (AvgIpc) is 2.15. The van der Waals surface area contributed by atoms with E-state index < -0.39 is 11.9 Å². The van der Waals surface area contributed by atoms with E-state index in [1.54, 1.807) is 6.07 Å². The summed E-state index contributed by atoms with van der Waals surface area (Å²) in [5.74, 6) is -0.330. The molecule has 78 valence electrons. The van der Waals surface area contributed by atoms with Gasteiger partial charge in [0.15, 0.2) is 0 Å². The fourth-order valence-corrected chi connectivity index (χ4v) is 1.69. The molecule has 0 saturated heterocycles. The molecular weight excluding hydrogens is 274 g/mol. The first-order chi connectivity index (χ1) is 6.60. The molecular formula is C9H9BrClFO2. The van der Waals surface area contributed by atoms with Gasteiger partial charge in [0.25, 0.3) is 0 Å². The maximum absolute atomic E-state index is 13.4. The van der Waals surface area contributed by atoms with E-state index in [1.807, 2.05) is 0 Å². The van der Waals surface area contributed by atoms with Crippen molar-refractivity contribution in [1.29, 1.82) is 0 Å². The van der Waals surface area contributed by atoms with Crippen LogP contribution in [0.1, 0.15) is 11.7 Å². The molecule has 1 rings (SSSR count). The van der Waals surface area contributed by atoms with E-state index >= 15 is 0 Å². The summed E-state index contributed by atoms with van der Waals surface area (Å²) < 4.78 is 18.9. The van der Waals surface area contributed by atoms with Crippen molar-refractivity contribution in [2.75, 3.05) is 13.0 Å². The van der Waals surface area contributed by atoms with Gasteiger partial charge in [-0.05, 0) is 12.1 Å². The van der Waals surface area contributed by atoms with E-state index in [0.717, 1.165) is 0 Å². The molecule has 5 heteroatoms. The maximum atomic E-state index is 13.4. The third-order valence-electron chi connectivity index (χ3n) is 1.76. The Balaban J connectivity index is 3.24. The summed E-state index contributed by atoms with van der Waals surface area (Å²) >= 11 is 8.57. The van der Waals surface area contributed by atoms with E-state index in [4.69, 9.17) is 16.3 Å². The average molecular weight is 284 g/mol. The molecule has 0 amide bonds. The van der Waals surface area contributed by atoms with Crippen LogP contribution in [0, 0.1) is 5.82 Å². The van der Waals surface area contributed by atoms with Gasteiger partial charge in [0, 0.05) is 4.47 Å². The van der Waals surface area contributed by atoms with Gasteiger partial charge in [-0.2, -0.15) is 0 Å². The predicted octanol–water partition coefficient (Wildman–Crippen LogP) is 2.87. The van der Waals surface area contributed by atoms with Crippen LogP contribution >= 0.6 is 27.5 Å². The number of hydrogen-bond acceptors (Lipinski definition) is 2. The highest BCUT2D eigenvalue weighted by Gasteiger charge is 2.18. The maximum Gasteiger partial charge on any atom is 0.133 e. The fourth-order valence-electron chi connectivity index (χ4n) is 1.13. The largest absolute Gasteiger partial charge is 0.496 e. The van der Waals surface area contributed by atoms with Crippen LogP contribution in [0.5, 0.6) is 5.75 Å². The second kappa shape index (κ2) is 4.96. The zero-order chi connectivity index (χ0) is 10.7. The summed E-state index contributed by atoms with van der Waals surface area (Å²) in [5, 5.41) is 9.45. The van der Waals surface area contributed by atoms with Gasteiger partial charge >= 0.3 is 0 Å². The normalized spacial score (nSPS) is 12.6. The SMILES string of the molecule is COc1cc(Br)cc(F)c1C(O)CCl. The third kappa shape index (κ3) is 2.38. The smallest absolute Gasteiger partial charge is 0.133 e. The highest BCUT2D eigenvalue weighted by atomic mass is 79.9. The number of ether oxygens (including phenoxy) is 1. The molecule has 0 heterocycles.